The van der Waals surface area contributed by atoms with Crippen molar-refractivity contribution in [2.75, 3.05) is 11.2 Å². The summed E-state index contributed by atoms with van der Waals surface area (Å²) in [5.41, 5.74) is 3.38. The smallest absolute Gasteiger partial charge is 0.292 e. The van der Waals surface area contributed by atoms with E-state index in [4.69, 9.17) is 0 Å². The monoisotopic (exact) mass is 385 g/mol. The molecule has 0 bridgehead atoms. The number of anilines is 1. The molecular formula is C16H14F3N3O3S. The van der Waals surface area contributed by atoms with Crippen molar-refractivity contribution in [1.29, 1.82) is 0 Å². The molecule has 0 radical (unpaired) electrons. The highest BCUT2D eigenvalue weighted by Gasteiger charge is 2.33. The second kappa shape index (κ2) is 8.09. The number of halogens is 3. The van der Waals surface area contributed by atoms with E-state index in [9.17, 15) is 28.1 Å². The summed E-state index contributed by atoms with van der Waals surface area (Å²) in [4.78, 5) is 22.8. The zero-order valence-electron chi connectivity index (χ0n) is 13.5. The Morgan fingerprint density at radius 1 is 1.23 bits per heavy atom. The normalized spacial score (nSPS) is 11.1. The maximum Gasteiger partial charge on any atom is 0.416 e. The third kappa shape index (κ3) is 5.12. The van der Waals surface area contributed by atoms with Gasteiger partial charge in [-0.15, -0.1) is 11.8 Å². The van der Waals surface area contributed by atoms with Crippen LogP contribution < -0.4 is 10.9 Å². The first-order valence-corrected chi connectivity index (χ1v) is 8.26. The molecule has 0 atom stereocenters. The van der Waals surface area contributed by atoms with E-state index in [2.05, 4.69) is 10.9 Å². The highest BCUT2D eigenvalue weighted by atomic mass is 32.2. The van der Waals surface area contributed by atoms with E-state index in [-0.39, 0.29) is 11.4 Å². The largest absolute Gasteiger partial charge is 0.416 e. The van der Waals surface area contributed by atoms with Crippen molar-refractivity contribution in [3.05, 3.63) is 63.7 Å². The summed E-state index contributed by atoms with van der Waals surface area (Å²) in [5, 5.41) is 11.0. The molecule has 0 heterocycles. The summed E-state index contributed by atoms with van der Waals surface area (Å²) in [6, 6.07) is 9.45. The number of hydrogen-bond donors (Lipinski definition) is 2. The van der Waals surface area contributed by atoms with E-state index < -0.39 is 28.3 Å². The van der Waals surface area contributed by atoms with Crippen LogP contribution in [-0.2, 0) is 11.0 Å². The van der Waals surface area contributed by atoms with Gasteiger partial charge in [0, 0.05) is 11.0 Å². The fourth-order valence-electron chi connectivity index (χ4n) is 2.00. The number of benzene rings is 2. The second-order valence-corrected chi connectivity index (χ2v) is 6.23. The van der Waals surface area contributed by atoms with Gasteiger partial charge in [0.25, 0.3) is 5.69 Å². The number of carbonyl (C=O) groups excluding carboxylic acids is 1. The van der Waals surface area contributed by atoms with Crippen LogP contribution >= 0.6 is 11.8 Å². The lowest BCUT2D eigenvalue weighted by Crippen LogP contribution is -2.31. The zero-order chi connectivity index (χ0) is 19.3. The number of hydrogen-bond acceptors (Lipinski definition) is 5. The van der Waals surface area contributed by atoms with Crippen LogP contribution in [0.2, 0.25) is 0 Å². The first kappa shape index (κ1) is 19.6. The lowest BCUT2D eigenvalue weighted by atomic mass is 10.1. The maximum atomic E-state index is 12.7. The SMILES string of the molecule is Cc1ccccc1SCC(=O)NNc1ccc(C(F)(F)F)cc1[N+](=O)[O-]. The molecule has 2 rings (SSSR count). The summed E-state index contributed by atoms with van der Waals surface area (Å²) >= 11 is 1.27. The highest BCUT2D eigenvalue weighted by molar-refractivity contribution is 8.00. The van der Waals surface area contributed by atoms with Crippen molar-refractivity contribution < 1.29 is 22.9 Å². The maximum absolute atomic E-state index is 12.7. The molecule has 2 aromatic carbocycles. The number of nitrogens with one attached hydrogen (secondary N) is 2. The third-order valence-electron chi connectivity index (χ3n) is 3.31. The van der Waals surface area contributed by atoms with Gasteiger partial charge in [0.2, 0.25) is 5.91 Å². The van der Waals surface area contributed by atoms with Crippen molar-refractivity contribution in [2.24, 2.45) is 0 Å². The van der Waals surface area contributed by atoms with Crippen LogP contribution in [-0.4, -0.2) is 16.6 Å². The molecule has 10 heteroatoms. The van der Waals surface area contributed by atoms with Gasteiger partial charge >= 0.3 is 6.18 Å². The van der Waals surface area contributed by atoms with Crippen LogP contribution in [0, 0.1) is 17.0 Å². The van der Waals surface area contributed by atoms with Gasteiger partial charge in [0.15, 0.2) is 0 Å². The molecule has 138 valence electrons. The molecule has 2 aromatic rings. The van der Waals surface area contributed by atoms with Crippen LogP contribution in [0.1, 0.15) is 11.1 Å². The second-order valence-electron chi connectivity index (χ2n) is 5.21. The van der Waals surface area contributed by atoms with Gasteiger partial charge in [-0.2, -0.15) is 13.2 Å². The van der Waals surface area contributed by atoms with Gasteiger partial charge in [-0.05, 0) is 30.7 Å². The highest BCUT2D eigenvalue weighted by Crippen LogP contribution is 2.34. The number of amides is 1. The summed E-state index contributed by atoms with van der Waals surface area (Å²) in [6.07, 6.45) is -4.70. The number of nitro groups is 1. The predicted octanol–water partition coefficient (Wildman–Crippen LogP) is 4.16. The minimum absolute atomic E-state index is 0.0340. The van der Waals surface area contributed by atoms with Gasteiger partial charge < -0.3 is 0 Å². The Hall–Kier alpha value is -2.75. The molecule has 0 unspecified atom stereocenters. The lowest BCUT2D eigenvalue weighted by Gasteiger charge is -2.11. The molecule has 0 spiro atoms. The molecular weight excluding hydrogens is 371 g/mol. The third-order valence-corrected chi connectivity index (χ3v) is 4.49. The molecule has 26 heavy (non-hydrogen) atoms. The first-order valence-electron chi connectivity index (χ1n) is 7.27. The summed E-state index contributed by atoms with van der Waals surface area (Å²) in [7, 11) is 0. The average molecular weight is 385 g/mol. The van der Waals surface area contributed by atoms with Crippen molar-refractivity contribution >= 4 is 29.0 Å². The zero-order valence-corrected chi connectivity index (χ0v) is 14.3. The van der Waals surface area contributed by atoms with Crippen molar-refractivity contribution in [3.8, 4) is 0 Å². The number of thioether (sulfide) groups is 1. The van der Waals surface area contributed by atoms with Gasteiger partial charge in [0.1, 0.15) is 5.69 Å². The fourth-order valence-corrected chi connectivity index (χ4v) is 2.83. The number of alkyl halides is 3. The molecule has 0 saturated carbocycles. The predicted molar refractivity (Wildman–Crippen MR) is 91.8 cm³/mol. The Morgan fingerprint density at radius 2 is 1.92 bits per heavy atom. The summed E-state index contributed by atoms with van der Waals surface area (Å²) < 4.78 is 38.0. The lowest BCUT2D eigenvalue weighted by molar-refractivity contribution is -0.384. The molecule has 2 N–H and O–H groups in total. The molecule has 0 fully saturated rings. The number of aryl methyl sites for hydroxylation is 1. The van der Waals surface area contributed by atoms with Gasteiger partial charge in [0.05, 0.1) is 16.2 Å². The van der Waals surface area contributed by atoms with Crippen molar-refractivity contribution in [2.45, 2.75) is 18.0 Å². The minimum atomic E-state index is -4.70. The molecule has 0 aliphatic heterocycles. The Labute approximate surface area is 150 Å². The Morgan fingerprint density at radius 3 is 2.54 bits per heavy atom. The van der Waals surface area contributed by atoms with E-state index in [1.165, 1.54) is 11.8 Å². The number of carbonyl (C=O) groups is 1. The topological polar surface area (TPSA) is 84.3 Å². The van der Waals surface area contributed by atoms with E-state index >= 15 is 0 Å². The van der Waals surface area contributed by atoms with Crippen LogP contribution in [0.4, 0.5) is 24.5 Å². The van der Waals surface area contributed by atoms with E-state index in [0.29, 0.717) is 12.1 Å². The standard InChI is InChI=1S/C16H14F3N3O3S/c1-10-4-2-3-5-14(10)26-9-15(23)21-20-12-7-6-11(16(17,18)19)8-13(12)22(24)25/h2-8,20H,9H2,1H3,(H,21,23). The van der Waals surface area contributed by atoms with E-state index in [1.807, 2.05) is 31.2 Å². The van der Waals surface area contributed by atoms with Crippen LogP contribution in [0.25, 0.3) is 0 Å². The number of rotatable bonds is 6. The minimum Gasteiger partial charge on any atom is -0.292 e. The number of nitro benzene ring substituents is 1. The molecule has 1 amide bonds. The molecule has 6 nitrogen and oxygen atoms in total. The Balaban J connectivity index is 2.01. The number of nitrogens with zero attached hydrogens (tertiary/aromatic N) is 1. The van der Waals surface area contributed by atoms with Gasteiger partial charge in [-0.25, -0.2) is 0 Å². The van der Waals surface area contributed by atoms with E-state index in [0.717, 1.165) is 16.5 Å². The summed E-state index contributed by atoms with van der Waals surface area (Å²) in [5.74, 6) is -0.445. The number of hydrazine groups is 1. The quantitative estimate of drug-likeness (QED) is 0.443. The molecule has 0 aliphatic carbocycles. The fraction of sp³-hybridized carbons (Fsp3) is 0.188. The van der Waals surface area contributed by atoms with Crippen molar-refractivity contribution in [1.82, 2.24) is 5.43 Å². The van der Waals surface area contributed by atoms with Gasteiger partial charge in [-0.3, -0.25) is 25.8 Å². The van der Waals surface area contributed by atoms with Crippen LogP contribution in [0.3, 0.4) is 0 Å². The van der Waals surface area contributed by atoms with Crippen LogP contribution in [0.15, 0.2) is 47.4 Å². The molecule has 0 aliphatic rings. The molecule has 0 saturated heterocycles. The van der Waals surface area contributed by atoms with Crippen LogP contribution in [0.5, 0.6) is 0 Å². The molecule has 0 aromatic heterocycles. The first-order chi connectivity index (χ1) is 12.2. The average Bonchev–Trinajstić information content (AvgIpc) is 2.58. The Bertz CT molecular complexity index is 828. The van der Waals surface area contributed by atoms with E-state index in [1.54, 1.807) is 0 Å². The summed E-state index contributed by atoms with van der Waals surface area (Å²) in [6.45, 7) is 1.89. The Kier molecular flexibility index (Phi) is 6.09. The van der Waals surface area contributed by atoms with Gasteiger partial charge in [-0.1, -0.05) is 18.2 Å². The van der Waals surface area contributed by atoms with Crippen molar-refractivity contribution in [3.63, 3.8) is 0 Å².